The highest BCUT2D eigenvalue weighted by atomic mass is 32.2. The number of likely N-dealkylation sites (N-methyl/N-ethyl adjacent to an activating group) is 1. The van der Waals surface area contributed by atoms with Crippen LogP contribution in [0.1, 0.15) is 19.3 Å². The molecule has 1 saturated heterocycles. The van der Waals surface area contributed by atoms with E-state index in [0.717, 1.165) is 4.31 Å². The van der Waals surface area contributed by atoms with Crippen LogP contribution in [0.2, 0.25) is 0 Å². The van der Waals surface area contributed by atoms with Gasteiger partial charge in [-0.25, -0.2) is 8.42 Å². The Labute approximate surface area is 99.8 Å². The molecular formula is C9H16N2O5S. The predicted octanol–water partition coefficient (Wildman–Crippen LogP) is -0.999. The summed E-state index contributed by atoms with van der Waals surface area (Å²) in [6.45, 7) is 0.278. The third-order valence-corrected chi connectivity index (χ3v) is 4.56. The second-order valence-corrected chi connectivity index (χ2v) is 5.88. The zero-order valence-corrected chi connectivity index (χ0v) is 10.4. The second-order valence-electron chi connectivity index (χ2n) is 3.84. The molecule has 7 nitrogen and oxygen atoms in total. The van der Waals surface area contributed by atoms with E-state index in [9.17, 15) is 18.0 Å². The summed E-state index contributed by atoms with van der Waals surface area (Å²) in [5.41, 5.74) is 0. The van der Waals surface area contributed by atoms with Gasteiger partial charge in [0.2, 0.25) is 15.9 Å². The average Bonchev–Trinajstić information content (AvgIpc) is 2.75. The molecule has 0 aromatic heterocycles. The molecule has 0 saturated carbocycles. The van der Waals surface area contributed by atoms with E-state index in [2.05, 4.69) is 5.32 Å². The van der Waals surface area contributed by atoms with E-state index in [1.54, 1.807) is 0 Å². The van der Waals surface area contributed by atoms with Gasteiger partial charge < -0.3 is 10.4 Å². The first kappa shape index (κ1) is 13.9. The van der Waals surface area contributed by atoms with E-state index in [-0.39, 0.29) is 12.5 Å². The van der Waals surface area contributed by atoms with E-state index in [1.807, 2.05) is 0 Å². The van der Waals surface area contributed by atoms with Gasteiger partial charge in [0.1, 0.15) is 6.04 Å². The maximum atomic E-state index is 11.9. The van der Waals surface area contributed by atoms with Gasteiger partial charge in [0, 0.05) is 13.6 Å². The van der Waals surface area contributed by atoms with E-state index < -0.39 is 34.2 Å². The summed E-state index contributed by atoms with van der Waals surface area (Å²) in [5, 5.41) is 10.9. The fourth-order valence-electron chi connectivity index (χ4n) is 1.84. The number of nitrogens with one attached hydrogen (secondary N) is 1. The van der Waals surface area contributed by atoms with Gasteiger partial charge in [-0.2, -0.15) is 4.31 Å². The summed E-state index contributed by atoms with van der Waals surface area (Å²) in [6.07, 6.45) is 0.648. The number of amides is 1. The van der Waals surface area contributed by atoms with Gasteiger partial charge in [-0.15, -0.1) is 0 Å². The minimum absolute atomic E-state index is 0.278. The largest absolute Gasteiger partial charge is 0.481 e. The molecule has 0 aliphatic carbocycles. The molecule has 17 heavy (non-hydrogen) atoms. The van der Waals surface area contributed by atoms with E-state index in [4.69, 9.17) is 5.11 Å². The van der Waals surface area contributed by atoms with E-state index in [1.165, 1.54) is 7.05 Å². The van der Waals surface area contributed by atoms with Crippen molar-refractivity contribution in [1.29, 1.82) is 0 Å². The van der Waals surface area contributed by atoms with Gasteiger partial charge in [0.05, 0.1) is 12.2 Å². The Morgan fingerprint density at radius 1 is 1.47 bits per heavy atom. The van der Waals surface area contributed by atoms with Gasteiger partial charge in [-0.05, 0) is 12.8 Å². The molecular weight excluding hydrogens is 248 g/mol. The molecule has 1 aliphatic heterocycles. The summed E-state index contributed by atoms with van der Waals surface area (Å²) in [5.74, 6) is -1.97. The highest BCUT2D eigenvalue weighted by Gasteiger charge is 2.37. The summed E-state index contributed by atoms with van der Waals surface area (Å²) < 4.78 is 24.8. The van der Waals surface area contributed by atoms with Crippen molar-refractivity contribution in [2.75, 3.05) is 19.3 Å². The van der Waals surface area contributed by atoms with Crippen molar-refractivity contribution in [3.63, 3.8) is 0 Å². The fourth-order valence-corrected chi connectivity index (χ4v) is 3.50. The summed E-state index contributed by atoms with van der Waals surface area (Å²) in [6, 6.07) is -0.696. The normalized spacial score (nSPS) is 21.4. The lowest BCUT2D eigenvalue weighted by Gasteiger charge is -2.22. The quantitative estimate of drug-likeness (QED) is 0.663. The highest BCUT2D eigenvalue weighted by molar-refractivity contribution is 7.89. The lowest BCUT2D eigenvalue weighted by Crippen LogP contribution is -2.45. The first-order valence-electron chi connectivity index (χ1n) is 5.31. The van der Waals surface area contributed by atoms with Crippen LogP contribution in [0.25, 0.3) is 0 Å². The Hall–Kier alpha value is -1.15. The molecule has 8 heteroatoms. The van der Waals surface area contributed by atoms with Crippen LogP contribution >= 0.6 is 0 Å². The predicted molar refractivity (Wildman–Crippen MR) is 59.8 cm³/mol. The molecule has 0 aromatic rings. The smallest absolute Gasteiger partial charge is 0.304 e. The third-order valence-electron chi connectivity index (χ3n) is 2.68. The monoisotopic (exact) mass is 264 g/mol. The van der Waals surface area contributed by atoms with Gasteiger partial charge in [-0.3, -0.25) is 9.59 Å². The second kappa shape index (κ2) is 5.46. The molecule has 0 radical (unpaired) electrons. The molecule has 2 N–H and O–H groups in total. The Kier molecular flexibility index (Phi) is 4.47. The van der Waals surface area contributed by atoms with Crippen LogP contribution in [0.4, 0.5) is 0 Å². The van der Waals surface area contributed by atoms with Crippen LogP contribution in [0, 0.1) is 0 Å². The molecule has 0 aromatic carbocycles. The van der Waals surface area contributed by atoms with Gasteiger partial charge in [0.15, 0.2) is 0 Å². The molecule has 1 amide bonds. The number of nitrogens with zero attached hydrogens (tertiary/aromatic N) is 1. The van der Waals surface area contributed by atoms with Crippen molar-refractivity contribution >= 4 is 21.9 Å². The standard InChI is InChI=1S/C9H16N2O5S/c1-10-9(14)7-3-2-5-11(7)17(15,16)6-4-8(12)13/h7H,2-6H2,1H3,(H,10,14)(H,12,13). The van der Waals surface area contributed by atoms with Crippen molar-refractivity contribution in [1.82, 2.24) is 9.62 Å². The molecule has 1 aliphatic rings. The maximum Gasteiger partial charge on any atom is 0.304 e. The Morgan fingerprint density at radius 3 is 2.65 bits per heavy atom. The van der Waals surface area contributed by atoms with Crippen LogP contribution in [0.3, 0.4) is 0 Å². The van der Waals surface area contributed by atoms with Crippen LogP contribution in [-0.2, 0) is 19.6 Å². The number of carboxylic acids is 1. The molecule has 1 unspecified atom stereocenters. The fraction of sp³-hybridized carbons (Fsp3) is 0.778. The number of carbonyl (C=O) groups excluding carboxylic acids is 1. The van der Waals surface area contributed by atoms with Crippen molar-refractivity contribution in [3.8, 4) is 0 Å². The molecule has 1 heterocycles. The summed E-state index contributed by atoms with van der Waals surface area (Å²) in [4.78, 5) is 21.8. The topological polar surface area (TPSA) is 104 Å². The number of carboxylic acid groups (broad SMARTS) is 1. The maximum absolute atomic E-state index is 11.9. The Morgan fingerprint density at radius 2 is 2.12 bits per heavy atom. The first-order valence-corrected chi connectivity index (χ1v) is 6.92. The Bertz CT molecular complexity index is 406. The lowest BCUT2D eigenvalue weighted by atomic mass is 10.2. The lowest BCUT2D eigenvalue weighted by molar-refractivity contribution is -0.136. The van der Waals surface area contributed by atoms with Gasteiger partial charge in [0.25, 0.3) is 0 Å². The zero-order chi connectivity index (χ0) is 13.1. The molecule has 98 valence electrons. The molecule has 1 atom stereocenters. The number of aliphatic carboxylic acids is 1. The Balaban J connectivity index is 2.76. The minimum atomic E-state index is -3.67. The average molecular weight is 264 g/mol. The number of sulfonamides is 1. The molecule has 1 fully saturated rings. The third kappa shape index (κ3) is 3.40. The molecule has 1 rings (SSSR count). The highest BCUT2D eigenvalue weighted by Crippen LogP contribution is 2.21. The number of hydrogen-bond acceptors (Lipinski definition) is 4. The number of hydrogen-bond donors (Lipinski definition) is 2. The van der Waals surface area contributed by atoms with Crippen LogP contribution in [0.5, 0.6) is 0 Å². The van der Waals surface area contributed by atoms with Crippen LogP contribution in [0.15, 0.2) is 0 Å². The molecule has 0 spiro atoms. The summed E-state index contributed by atoms with van der Waals surface area (Å²) >= 11 is 0. The first-order chi connectivity index (χ1) is 7.88. The van der Waals surface area contributed by atoms with Crippen LogP contribution in [-0.4, -0.2) is 55.1 Å². The van der Waals surface area contributed by atoms with Crippen LogP contribution < -0.4 is 5.32 Å². The zero-order valence-electron chi connectivity index (χ0n) is 9.55. The van der Waals surface area contributed by atoms with E-state index in [0.29, 0.717) is 12.8 Å². The number of rotatable bonds is 5. The van der Waals surface area contributed by atoms with Crippen molar-refractivity contribution in [2.45, 2.75) is 25.3 Å². The minimum Gasteiger partial charge on any atom is -0.481 e. The SMILES string of the molecule is CNC(=O)C1CCCN1S(=O)(=O)CCC(=O)O. The number of carbonyl (C=O) groups is 2. The van der Waals surface area contributed by atoms with Gasteiger partial charge in [-0.1, -0.05) is 0 Å². The van der Waals surface area contributed by atoms with E-state index >= 15 is 0 Å². The molecule has 0 bridgehead atoms. The van der Waals surface area contributed by atoms with Crippen molar-refractivity contribution < 1.29 is 23.1 Å². The van der Waals surface area contributed by atoms with Gasteiger partial charge >= 0.3 is 5.97 Å². The van der Waals surface area contributed by atoms with Crippen molar-refractivity contribution in [2.24, 2.45) is 0 Å². The van der Waals surface area contributed by atoms with Crippen molar-refractivity contribution in [3.05, 3.63) is 0 Å². The summed E-state index contributed by atoms with van der Waals surface area (Å²) in [7, 11) is -2.22.